The molecule has 0 spiro atoms. The maximum Gasteiger partial charge on any atom is 0.264 e. The molecule has 1 saturated carbocycles. The molecule has 0 radical (unpaired) electrons. The number of amides is 1. The van der Waals surface area contributed by atoms with Crippen molar-refractivity contribution in [2.75, 3.05) is 49.5 Å². The number of nitriles is 1. The molecule has 2 N–H and O–H groups in total. The maximum absolute atomic E-state index is 13.2. The molecule has 1 amide bonds. The second-order valence-corrected chi connectivity index (χ2v) is 10.4. The summed E-state index contributed by atoms with van der Waals surface area (Å²) in [7, 11) is 0. The third-order valence-electron chi connectivity index (χ3n) is 7.16. The van der Waals surface area contributed by atoms with Crippen LogP contribution in [0.2, 0.25) is 0 Å². The summed E-state index contributed by atoms with van der Waals surface area (Å²) in [6, 6.07) is 8.42. The molecule has 2 saturated heterocycles. The molecule has 0 aromatic carbocycles. The lowest BCUT2D eigenvalue weighted by Crippen LogP contribution is -2.49. The van der Waals surface area contributed by atoms with Gasteiger partial charge >= 0.3 is 0 Å². The fourth-order valence-corrected chi connectivity index (χ4v) is 6.13. The van der Waals surface area contributed by atoms with E-state index in [-0.39, 0.29) is 11.8 Å². The van der Waals surface area contributed by atoms with Crippen LogP contribution in [-0.4, -0.2) is 60.0 Å². The van der Waals surface area contributed by atoms with E-state index in [0.717, 1.165) is 71.3 Å². The first-order valence-electron chi connectivity index (χ1n) is 12.0. The molecule has 2 aliphatic heterocycles. The number of hydrogen-bond acceptors (Lipinski definition) is 8. The minimum Gasteiger partial charge on any atom is -0.368 e. The summed E-state index contributed by atoms with van der Waals surface area (Å²) in [5, 5.41) is 16.9. The quantitative estimate of drug-likeness (QED) is 0.583. The van der Waals surface area contributed by atoms with Crippen LogP contribution < -0.4 is 15.5 Å². The van der Waals surface area contributed by atoms with Gasteiger partial charge in [0.2, 0.25) is 0 Å². The van der Waals surface area contributed by atoms with Gasteiger partial charge < -0.3 is 20.4 Å². The van der Waals surface area contributed by atoms with Crippen LogP contribution >= 0.6 is 11.3 Å². The van der Waals surface area contributed by atoms with Crippen molar-refractivity contribution in [1.82, 2.24) is 20.2 Å². The number of carbonyl (C=O) groups excluding carboxylic acids is 1. The molecular weight excluding hydrogens is 446 g/mol. The van der Waals surface area contributed by atoms with Gasteiger partial charge in [-0.25, -0.2) is 9.97 Å². The van der Waals surface area contributed by atoms with Gasteiger partial charge in [-0.05, 0) is 42.5 Å². The third-order valence-corrected chi connectivity index (χ3v) is 8.30. The van der Waals surface area contributed by atoms with Crippen molar-refractivity contribution < 1.29 is 4.79 Å². The second kappa shape index (κ2) is 8.85. The SMILES string of the molecule is N#CC1CN(C(=O)c2sc3cnc(Nc4ccc(N5CCNCC5)cn4)cc3c2C2CCC2)C1. The summed E-state index contributed by atoms with van der Waals surface area (Å²) in [5.41, 5.74) is 2.30. The average Bonchev–Trinajstić information content (AvgIpc) is 3.17. The van der Waals surface area contributed by atoms with Gasteiger partial charge in [-0.15, -0.1) is 11.3 Å². The number of anilines is 3. The predicted octanol–water partition coefficient (Wildman–Crippen LogP) is 3.71. The smallest absolute Gasteiger partial charge is 0.264 e. The Balaban J connectivity index is 1.26. The molecule has 34 heavy (non-hydrogen) atoms. The Morgan fingerprint density at radius 3 is 2.62 bits per heavy atom. The van der Waals surface area contributed by atoms with E-state index in [2.05, 4.69) is 43.7 Å². The van der Waals surface area contributed by atoms with Gasteiger partial charge in [0.05, 0.1) is 33.4 Å². The zero-order valence-electron chi connectivity index (χ0n) is 19.0. The van der Waals surface area contributed by atoms with E-state index in [4.69, 9.17) is 5.26 Å². The van der Waals surface area contributed by atoms with Gasteiger partial charge in [-0.3, -0.25) is 4.79 Å². The summed E-state index contributed by atoms with van der Waals surface area (Å²) in [6.45, 7) is 5.04. The number of nitrogens with one attached hydrogen (secondary N) is 2. The second-order valence-electron chi connectivity index (χ2n) is 9.34. The van der Waals surface area contributed by atoms with Crippen molar-refractivity contribution in [2.45, 2.75) is 25.2 Å². The van der Waals surface area contributed by atoms with Crippen LogP contribution in [0.3, 0.4) is 0 Å². The molecule has 3 aromatic heterocycles. The molecule has 0 bridgehead atoms. The average molecular weight is 474 g/mol. The molecule has 0 atom stereocenters. The van der Waals surface area contributed by atoms with Crippen molar-refractivity contribution >= 4 is 44.7 Å². The molecule has 0 unspecified atom stereocenters. The van der Waals surface area contributed by atoms with Gasteiger partial charge in [0.1, 0.15) is 11.6 Å². The van der Waals surface area contributed by atoms with Gasteiger partial charge in [-0.1, -0.05) is 6.42 Å². The molecule has 8 nitrogen and oxygen atoms in total. The van der Waals surface area contributed by atoms with Crippen LogP contribution in [0.4, 0.5) is 17.3 Å². The molecule has 6 rings (SSSR count). The van der Waals surface area contributed by atoms with Crippen LogP contribution in [0.5, 0.6) is 0 Å². The van der Waals surface area contributed by atoms with E-state index in [1.807, 2.05) is 18.5 Å². The number of hydrogen-bond donors (Lipinski definition) is 2. The van der Waals surface area contributed by atoms with Gasteiger partial charge in [0.15, 0.2) is 0 Å². The maximum atomic E-state index is 13.2. The number of carbonyl (C=O) groups is 1. The highest BCUT2D eigenvalue weighted by Crippen LogP contribution is 2.46. The van der Waals surface area contributed by atoms with Crippen LogP contribution in [0.25, 0.3) is 10.1 Å². The Labute approximate surface area is 202 Å². The van der Waals surface area contributed by atoms with E-state index in [9.17, 15) is 4.79 Å². The highest BCUT2D eigenvalue weighted by Gasteiger charge is 2.36. The van der Waals surface area contributed by atoms with Gasteiger partial charge in [-0.2, -0.15) is 5.26 Å². The Bertz CT molecular complexity index is 1250. The zero-order valence-corrected chi connectivity index (χ0v) is 19.8. The normalized spacial score (nSPS) is 18.9. The minimum absolute atomic E-state index is 0.0339. The number of pyridine rings is 2. The lowest BCUT2D eigenvalue weighted by Gasteiger charge is -2.36. The molecule has 3 aliphatic rings. The molecule has 3 fully saturated rings. The van der Waals surface area contributed by atoms with Crippen molar-refractivity contribution in [1.29, 1.82) is 5.26 Å². The predicted molar refractivity (Wildman–Crippen MR) is 134 cm³/mol. The summed E-state index contributed by atoms with van der Waals surface area (Å²) in [6.07, 6.45) is 7.22. The number of likely N-dealkylation sites (tertiary alicyclic amines) is 1. The molecule has 1 aliphatic carbocycles. The summed E-state index contributed by atoms with van der Waals surface area (Å²) in [4.78, 5) is 27.4. The fraction of sp³-hybridized carbons (Fsp3) is 0.440. The van der Waals surface area contributed by atoms with Gasteiger partial charge in [0.25, 0.3) is 5.91 Å². The van der Waals surface area contributed by atoms with E-state index < -0.39 is 0 Å². The van der Waals surface area contributed by atoms with E-state index in [0.29, 0.717) is 19.0 Å². The van der Waals surface area contributed by atoms with Crippen molar-refractivity contribution in [2.24, 2.45) is 5.92 Å². The van der Waals surface area contributed by atoms with Crippen LogP contribution in [0.1, 0.15) is 40.4 Å². The third kappa shape index (κ3) is 3.87. The molecule has 9 heteroatoms. The summed E-state index contributed by atoms with van der Waals surface area (Å²) < 4.78 is 1.04. The Hall–Kier alpha value is -3.22. The Morgan fingerprint density at radius 1 is 1.15 bits per heavy atom. The molecule has 174 valence electrons. The Morgan fingerprint density at radius 2 is 1.94 bits per heavy atom. The topological polar surface area (TPSA) is 97.2 Å². The molecule has 5 heterocycles. The van der Waals surface area contributed by atoms with E-state index in [1.165, 1.54) is 23.3 Å². The summed E-state index contributed by atoms with van der Waals surface area (Å²) in [5.74, 6) is 1.95. The minimum atomic E-state index is -0.0339. The highest BCUT2D eigenvalue weighted by atomic mass is 32.1. The van der Waals surface area contributed by atoms with Crippen molar-refractivity contribution in [3.8, 4) is 6.07 Å². The fourth-order valence-electron chi connectivity index (χ4n) is 4.92. The Kier molecular flexibility index (Phi) is 5.55. The number of nitrogens with zero attached hydrogens (tertiary/aromatic N) is 5. The number of rotatable bonds is 5. The van der Waals surface area contributed by atoms with E-state index in [1.54, 1.807) is 4.90 Å². The zero-order chi connectivity index (χ0) is 23.1. The first-order valence-corrected chi connectivity index (χ1v) is 12.8. The lowest BCUT2D eigenvalue weighted by atomic mass is 9.78. The first-order chi connectivity index (χ1) is 16.7. The molecular formula is C25H27N7OS. The standard InChI is InChI=1S/C25H27N7OS/c26-11-16-14-32(15-16)25(33)24-23(17-2-1-3-17)19-10-22(29-13-20(19)34-24)30-21-5-4-18(12-28-21)31-8-6-27-7-9-31/h4-5,10,12-13,16-17,27H,1-3,6-9,14-15H2,(H,28,29,30). The summed E-state index contributed by atoms with van der Waals surface area (Å²) >= 11 is 1.54. The van der Waals surface area contributed by atoms with Crippen LogP contribution in [0, 0.1) is 17.2 Å². The van der Waals surface area contributed by atoms with Gasteiger partial charge in [0, 0.05) is 50.9 Å². The number of thiophene rings is 1. The number of fused-ring (bicyclic) bond motifs is 1. The molecule has 3 aromatic rings. The lowest BCUT2D eigenvalue weighted by molar-refractivity contribution is 0.0580. The monoisotopic (exact) mass is 473 g/mol. The van der Waals surface area contributed by atoms with E-state index >= 15 is 0 Å². The van der Waals surface area contributed by atoms with Crippen molar-refractivity contribution in [3.05, 3.63) is 41.0 Å². The number of aromatic nitrogens is 2. The van der Waals surface area contributed by atoms with Crippen LogP contribution in [-0.2, 0) is 0 Å². The largest absolute Gasteiger partial charge is 0.368 e. The van der Waals surface area contributed by atoms with Crippen LogP contribution in [0.15, 0.2) is 30.6 Å². The highest BCUT2D eigenvalue weighted by molar-refractivity contribution is 7.21. The first kappa shape index (κ1) is 21.3. The number of piperazine rings is 1. The van der Waals surface area contributed by atoms with Crippen molar-refractivity contribution in [3.63, 3.8) is 0 Å².